The normalized spacial score (nSPS) is 32.4. The second-order valence-electron chi connectivity index (χ2n) is 7.19. The Labute approximate surface area is 146 Å². The summed E-state index contributed by atoms with van der Waals surface area (Å²) >= 11 is 0. The standard InChI is InChI=1S/C19H22N2O4/c1-11(2)20-17(22)15-14-8-9-19(25-14)10-21(18(23)16(15)19)12-4-6-13(24-3)7-5-12/h4-9,11,14-16H,10H2,1-3H3,(H,20,22)/t14-,15?,16+,19-/m1/s1. The quantitative estimate of drug-likeness (QED) is 0.842. The topological polar surface area (TPSA) is 67.9 Å². The molecule has 6 heteroatoms. The van der Waals surface area contributed by atoms with Gasteiger partial charge in [-0.05, 0) is 38.1 Å². The third-order valence-corrected chi connectivity index (χ3v) is 5.22. The Balaban J connectivity index is 1.64. The van der Waals surface area contributed by atoms with Crippen LogP contribution in [0.2, 0.25) is 0 Å². The monoisotopic (exact) mass is 342 g/mol. The lowest BCUT2D eigenvalue weighted by atomic mass is 9.76. The molecule has 3 heterocycles. The molecule has 4 atom stereocenters. The average molecular weight is 342 g/mol. The highest BCUT2D eigenvalue weighted by Gasteiger charge is 2.67. The Bertz CT molecular complexity index is 742. The van der Waals surface area contributed by atoms with Gasteiger partial charge in [0.15, 0.2) is 0 Å². The molecule has 1 spiro atoms. The summed E-state index contributed by atoms with van der Waals surface area (Å²) in [6.07, 6.45) is 3.57. The number of benzene rings is 1. The van der Waals surface area contributed by atoms with Gasteiger partial charge in [0.2, 0.25) is 11.8 Å². The number of fused-ring (bicyclic) bond motifs is 1. The van der Waals surface area contributed by atoms with Crippen LogP contribution >= 0.6 is 0 Å². The van der Waals surface area contributed by atoms with Crippen molar-refractivity contribution in [3.63, 3.8) is 0 Å². The number of nitrogens with zero attached hydrogens (tertiary/aromatic N) is 1. The minimum atomic E-state index is -0.694. The molecule has 25 heavy (non-hydrogen) atoms. The van der Waals surface area contributed by atoms with Crippen LogP contribution in [-0.4, -0.2) is 43.2 Å². The van der Waals surface area contributed by atoms with Crippen molar-refractivity contribution in [1.82, 2.24) is 5.32 Å². The SMILES string of the molecule is COc1ccc(N2C[C@@]34C=C[C@@H](O3)C(C(=O)NC(C)C)[C@H]4C2=O)cc1. The zero-order valence-electron chi connectivity index (χ0n) is 14.6. The van der Waals surface area contributed by atoms with E-state index in [-0.39, 0.29) is 24.0 Å². The van der Waals surface area contributed by atoms with E-state index in [1.165, 1.54) is 0 Å². The number of amides is 2. The highest BCUT2D eigenvalue weighted by molar-refractivity contribution is 6.03. The Hall–Kier alpha value is -2.34. The van der Waals surface area contributed by atoms with Crippen molar-refractivity contribution in [1.29, 1.82) is 0 Å². The molecular weight excluding hydrogens is 320 g/mol. The van der Waals surface area contributed by atoms with Gasteiger partial charge in [0.25, 0.3) is 0 Å². The van der Waals surface area contributed by atoms with Crippen molar-refractivity contribution in [2.24, 2.45) is 11.8 Å². The van der Waals surface area contributed by atoms with Crippen LogP contribution < -0.4 is 15.0 Å². The Morgan fingerprint density at radius 1 is 1.36 bits per heavy atom. The number of carbonyl (C=O) groups excluding carboxylic acids is 2. The van der Waals surface area contributed by atoms with E-state index in [0.29, 0.717) is 6.54 Å². The van der Waals surface area contributed by atoms with Gasteiger partial charge in [-0.3, -0.25) is 9.59 Å². The van der Waals surface area contributed by atoms with Crippen molar-refractivity contribution in [2.75, 3.05) is 18.6 Å². The molecule has 2 saturated heterocycles. The van der Waals surface area contributed by atoms with Gasteiger partial charge in [-0.25, -0.2) is 0 Å². The maximum absolute atomic E-state index is 13.1. The van der Waals surface area contributed by atoms with E-state index >= 15 is 0 Å². The molecule has 0 saturated carbocycles. The van der Waals surface area contributed by atoms with Gasteiger partial charge in [0, 0.05) is 11.7 Å². The van der Waals surface area contributed by atoms with Crippen LogP contribution in [0.4, 0.5) is 5.69 Å². The Morgan fingerprint density at radius 2 is 2.08 bits per heavy atom. The molecule has 3 aliphatic heterocycles. The fourth-order valence-corrected chi connectivity index (χ4v) is 4.16. The third kappa shape index (κ3) is 2.35. The number of carbonyl (C=O) groups is 2. The maximum Gasteiger partial charge on any atom is 0.234 e. The van der Waals surface area contributed by atoms with Crippen molar-refractivity contribution in [3.05, 3.63) is 36.4 Å². The van der Waals surface area contributed by atoms with Gasteiger partial charge in [0.1, 0.15) is 11.4 Å². The van der Waals surface area contributed by atoms with E-state index in [2.05, 4.69) is 5.32 Å². The predicted molar refractivity (Wildman–Crippen MR) is 92.3 cm³/mol. The molecule has 3 aliphatic rings. The zero-order valence-corrected chi connectivity index (χ0v) is 14.6. The summed E-state index contributed by atoms with van der Waals surface area (Å²) in [7, 11) is 1.61. The largest absolute Gasteiger partial charge is 0.497 e. The van der Waals surface area contributed by atoms with Crippen molar-refractivity contribution >= 4 is 17.5 Å². The second-order valence-corrected chi connectivity index (χ2v) is 7.19. The number of hydrogen-bond donors (Lipinski definition) is 1. The molecule has 132 valence electrons. The molecule has 6 nitrogen and oxygen atoms in total. The lowest BCUT2D eigenvalue weighted by Crippen LogP contribution is -2.45. The third-order valence-electron chi connectivity index (χ3n) is 5.22. The summed E-state index contributed by atoms with van der Waals surface area (Å²) in [6.45, 7) is 4.26. The van der Waals surface area contributed by atoms with Crippen LogP contribution in [0.1, 0.15) is 13.8 Å². The van der Waals surface area contributed by atoms with Gasteiger partial charge in [-0.15, -0.1) is 0 Å². The minimum Gasteiger partial charge on any atom is -0.497 e. The molecule has 0 aliphatic carbocycles. The number of ether oxygens (including phenoxy) is 2. The number of rotatable bonds is 4. The zero-order chi connectivity index (χ0) is 17.8. The van der Waals surface area contributed by atoms with Crippen LogP contribution in [0.5, 0.6) is 5.75 Å². The number of methoxy groups -OCH3 is 1. The molecule has 0 radical (unpaired) electrons. The van der Waals surface area contributed by atoms with Crippen LogP contribution in [0.15, 0.2) is 36.4 Å². The first-order chi connectivity index (χ1) is 11.9. The number of anilines is 1. The summed E-state index contributed by atoms with van der Waals surface area (Å²) in [6, 6.07) is 7.39. The van der Waals surface area contributed by atoms with Gasteiger partial charge in [-0.1, -0.05) is 12.2 Å². The van der Waals surface area contributed by atoms with Crippen LogP contribution in [0.3, 0.4) is 0 Å². The number of hydrogen-bond acceptors (Lipinski definition) is 4. The van der Waals surface area contributed by atoms with Crippen LogP contribution in [-0.2, 0) is 14.3 Å². The van der Waals surface area contributed by atoms with Gasteiger partial charge >= 0.3 is 0 Å². The smallest absolute Gasteiger partial charge is 0.234 e. The Kier molecular flexibility index (Phi) is 3.61. The molecule has 2 amide bonds. The summed E-state index contributed by atoms with van der Waals surface area (Å²) in [4.78, 5) is 27.5. The molecular formula is C19H22N2O4. The van der Waals surface area contributed by atoms with Gasteiger partial charge < -0.3 is 19.7 Å². The van der Waals surface area contributed by atoms with Crippen molar-refractivity contribution in [3.8, 4) is 5.75 Å². The summed E-state index contributed by atoms with van der Waals surface area (Å²) in [5, 5.41) is 2.93. The van der Waals surface area contributed by atoms with E-state index in [0.717, 1.165) is 11.4 Å². The first-order valence-corrected chi connectivity index (χ1v) is 8.58. The Morgan fingerprint density at radius 3 is 2.72 bits per heavy atom. The summed E-state index contributed by atoms with van der Waals surface area (Å²) in [5.41, 5.74) is 0.0961. The fourth-order valence-electron chi connectivity index (χ4n) is 4.16. The second kappa shape index (κ2) is 5.59. The fraction of sp³-hybridized carbons (Fsp3) is 0.474. The highest BCUT2D eigenvalue weighted by Crippen LogP contribution is 2.52. The first-order valence-electron chi connectivity index (χ1n) is 8.58. The van der Waals surface area contributed by atoms with E-state index < -0.39 is 17.4 Å². The van der Waals surface area contributed by atoms with E-state index in [1.807, 2.05) is 50.3 Å². The van der Waals surface area contributed by atoms with Gasteiger partial charge in [-0.2, -0.15) is 0 Å². The van der Waals surface area contributed by atoms with Crippen LogP contribution in [0, 0.1) is 11.8 Å². The van der Waals surface area contributed by atoms with Crippen LogP contribution in [0.25, 0.3) is 0 Å². The van der Waals surface area contributed by atoms with E-state index in [9.17, 15) is 9.59 Å². The van der Waals surface area contributed by atoms with Crippen molar-refractivity contribution in [2.45, 2.75) is 31.6 Å². The lowest BCUT2D eigenvalue weighted by molar-refractivity contribution is -0.132. The molecule has 2 bridgehead atoms. The summed E-state index contributed by atoms with van der Waals surface area (Å²) < 4.78 is 11.3. The molecule has 4 rings (SSSR count). The van der Waals surface area contributed by atoms with E-state index in [4.69, 9.17) is 9.47 Å². The molecule has 0 aromatic heterocycles. The lowest BCUT2D eigenvalue weighted by Gasteiger charge is -2.24. The summed E-state index contributed by atoms with van der Waals surface area (Å²) in [5.74, 6) is -0.367. The molecule has 1 unspecified atom stereocenters. The molecule has 2 fully saturated rings. The van der Waals surface area contributed by atoms with Gasteiger partial charge in [0.05, 0.1) is 31.6 Å². The molecule has 1 N–H and O–H groups in total. The first kappa shape index (κ1) is 16.1. The molecule has 1 aromatic carbocycles. The number of nitrogens with one attached hydrogen (secondary N) is 1. The maximum atomic E-state index is 13.1. The predicted octanol–water partition coefficient (Wildman–Crippen LogP) is 1.51. The minimum absolute atomic E-state index is 0.0285. The molecule has 1 aromatic rings. The van der Waals surface area contributed by atoms with Crippen molar-refractivity contribution < 1.29 is 19.1 Å². The highest BCUT2D eigenvalue weighted by atomic mass is 16.5. The van der Waals surface area contributed by atoms with E-state index in [1.54, 1.807) is 12.0 Å². The average Bonchev–Trinajstić information content (AvgIpc) is 3.22.